The zero-order valence-corrected chi connectivity index (χ0v) is 12.3. The topological polar surface area (TPSA) is 27.3 Å². The van der Waals surface area contributed by atoms with E-state index < -0.39 is 0 Å². The molecule has 2 N–H and O–H groups in total. The first-order valence-electron chi connectivity index (χ1n) is 6.14. The first kappa shape index (κ1) is 15.7. The van der Waals surface area contributed by atoms with Crippen LogP contribution in [0.5, 0.6) is 0 Å². The summed E-state index contributed by atoms with van der Waals surface area (Å²) in [7, 11) is 0. The summed E-state index contributed by atoms with van der Waals surface area (Å²) in [6, 6.07) is 1.55. The molecule has 0 spiro atoms. The summed E-state index contributed by atoms with van der Waals surface area (Å²) < 4.78 is 0. The largest absolute Gasteiger partial charge is 0.361 e. The first-order chi connectivity index (χ1) is 7.34. The van der Waals surface area contributed by atoms with Crippen LogP contribution in [0.15, 0.2) is 0 Å². The molecule has 0 aromatic heterocycles. The molecule has 0 aromatic rings. The maximum Gasteiger partial charge on any atom is 0.166 e. The van der Waals surface area contributed by atoms with Gasteiger partial charge >= 0.3 is 0 Å². The van der Waals surface area contributed by atoms with Crippen molar-refractivity contribution in [3.05, 3.63) is 0 Å². The maximum absolute atomic E-state index is 5.17. The van der Waals surface area contributed by atoms with E-state index in [0.29, 0.717) is 18.1 Å². The van der Waals surface area contributed by atoms with E-state index in [0.717, 1.165) is 18.2 Å². The monoisotopic (exact) mass is 245 g/mol. The Balaban J connectivity index is 3.82. The fraction of sp³-hybridized carbons (Fsp3) is 0.917. The molecule has 0 heterocycles. The SMILES string of the molecule is CC(C)NC(=S)NCCN(C(C)C)C(C)C. The molecule has 0 atom stereocenters. The molecule has 0 bridgehead atoms. The van der Waals surface area contributed by atoms with E-state index in [1.165, 1.54) is 0 Å². The predicted octanol–water partition coefficient (Wildman–Crippen LogP) is 1.98. The number of nitrogens with zero attached hydrogens (tertiary/aromatic N) is 1. The highest BCUT2D eigenvalue weighted by Crippen LogP contribution is 2.03. The Morgan fingerprint density at radius 1 is 1.06 bits per heavy atom. The highest BCUT2D eigenvalue weighted by Gasteiger charge is 2.12. The van der Waals surface area contributed by atoms with Gasteiger partial charge in [0.15, 0.2) is 5.11 Å². The second kappa shape index (κ2) is 7.85. The molecule has 0 fully saturated rings. The minimum atomic E-state index is 0.395. The molecule has 0 aromatic carbocycles. The van der Waals surface area contributed by atoms with E-state index in [9.17, 15) is 0 Å². The summed E-state index contributed by atoms with van der Waals surface area (Å²) >= 11 is 5.17. The van der Waals surface area contributed by atoms with Crippen LogP contribution in [0.2, 0.25) is 0 Å². The highest BCUT2D eigenvalue weighted by molar-refractivity contribution is 7.80. The molecule has 0 radical (unpaired) electrons. The van der Waals surface area contributed by atoms with Crippen molar-refractivity contribution in [3.63, 3.8) is 0 Å². The van der Waals surface area contributed by atoms with E-state index in [2.05, 4.69) is 57.1 Å². The number of thiocarbonyl (C=S) groups is 1. The van der Waals surface area contributed by atoms with Crippen LogP contribution in [0.4, 0.5) is 0 Å². The fourth-order valence-corrected chi connectivity index (χ4v) is 2.06. The van der Waals surface area contributed by atoms with Gasteiger partial charge in [0.25, 0.3) is 0 Å². The molecule has 4 heteroatoms. The quantitative estimate of drug-likeness (QED) is 0.700. The Hall–Kier alpha value is -0.350. The standard InChI is InChI=1S/C12H27N3S/c1-9(2)14-12(16)13-7-8-15(10(3)4)11(5)6/h9-11H,7-8H2,1-6H3,(H2,13,14,16). The lowest BCUT2D eigenvalue weighted by atomic mass is 10.2. The molecule has 96 valence electrons. The van der Waals surface area contributed by atoms with Crippen LogP contribution in [0.25, 0.3) is 0 Å². The van der Waals surface area contributed by atoms with Crippen LogP contribution in [-0.2, 0) is 0 Å². The fourth-order valence-electron chi connectivity index (χ4n) is 1.72. The van der Waals surface area contributed by atoms with Crippen LogP contribution in [0.3, 0.4) is 0 Å². The maximum atomic E-state index is 5.17. The summed E-state index contributed by atoms with van der Waals surface area (Å²) in [5.41, 5.74) is 0. The smallest absolute Gasteiger partial charge is 0.166 e. The second-order valence-electron chi connectivity index (χ2n) is 4.98. The minimum Gasteiger partial charge on any atom is -0.361 e. The van der Waals surface area contributed by atoms with Gasteiger partial charge in [0.1, 0.15) is 0 Å². The van der Waals surface area contributed by atoms with Crippen molar-refractivity contribution in [2.45, 2.75) is 59.7 Å². The van der Waals surface area contributed by atoms with Gasteiger partial charge in [0.05, 0.1) is 0 Å². The molecule has 0 unspecified atom stereocenters. The molecule has 0 saturated carbocycles. The summed E-state index contributed by atoms with van der Waals surface area (Å²) in [4.78, 5) is 2.45. The predicted molar refractivity (Wildman–Crippen MR) is 75.9 cm³/mol. The third-order valence-corrected chi connectivity index (χ3v) is 2.66. The Morgan fingerprint density at radius 3 is 1.94 bits per heavy atom. The van der Waals surface area contributed by atoms with Crippen LogP contribution in [0, 0.1) is 0 Å². The van der Waals surface area contributed by atoms with Gasteiger partial charge in [-0.3, -0.25) is 4.90 Å². The van der Waals surface area contributed by atoms with Crippen LogP contribution in [-0.4, -0.2) is 41.2 Å². The lowest BCUT2D eigenvalue weighted by Crippen LogP contribution is -2.45. The summed E-state index contributed by atoms with van der Waals surface area (Å²) in [5, 5.41) is 7.16. The van der Waals surface area contributed by atoms with Crippen molar-refractivity contribution in [2.75, 3.05) is 13.1 Å². The van der Waals surface area contributed by atoms with Crippen molar-refractivity contribution < 1.29 is 0 Å². The molecule has 0 aliphatic heterocycles. The Labute approximate surface area is 106 Å². The van der Waals surface area contributed by atoms with Gasteiger partial charge in [0.2, 0.25) is 0 Å². The third kappa shape index (κ3) is 7.01. The van der Waals surface area contributed by atoms with Crippen LogP contribution in [0.1, 0.15) is 41.5 Å². The molecule has 0 amide bonds. The van der Waals surface area contributed by atoms with Crippen LogP contribution >= 0.6 is 12.2 Å². The number of hydrogen-bond donors (Lipinski definition) is 2. The van der Waals surface area contributed by atoms with E-state index in [1.807, 2.05) is 0 Å². The van der Waals surface area contributed by atoms with E-state index in [4.69, 9.17) is 12.2 Å². The molecule has 16 heavy (non-hydrogen) atoms. The van der Waals surface area contributed by atoms with Crippen molar-refractivity contribution >= 4 is 17.3 Å². The number of rotatable bonds is 6. The van der Waals surface area contributed by atoms with E-state index in [1.54, 1.807) is 0 Å². The molecule has 0 aliphatic rings. The Morgan fingerprint density at radius 2 is 1.56 bits per heavy atom. The lowest BCUT2D eigenvalue weighted by molar-refractivity contribution is 0.178. The average molecular weight is 245 g/mol. The second-order valence-corrected chi connectivity index (χ2v) is 5.39. The zero-order valence-electron chi connectivity index (χ0n) is 11.5. The molecular weight excluding hydrogens is 218 g/mol. The molecule has 0 aliphatic carbocycles. The average Bonchev–Trinajstić information content (AvgIpc) is 2.09. The lowest BCUT2D eigenvalue weighted by Gasteiger charge is -2.30. The van der Waals surface area contributed by atoms with Crippen molar-refractivity contribution in [1.82, 2.24) is 15.5 Å². The van der Waals surface area contributed by atoms with Gasteiger partial charge in [-0.25, -0.2) is 0 Å². The van der Waals surface area contributed by atoms with Gasteiger partial charge in [-0.2, -0.15) is 0 Å². The third-order valence-electron chi connectivity index (χ3n) is 2.40. The highest BCUT2D eigenvalue weighted by atomic mass is 32.1. The number of hydrogen-bond acceptors (Lipinski definition) is 2. The van der Waals surface area contributed by atoms with Gasteiger partial charge in [-0.15, -0.1) is 0 Å². The molecule has 0 saturated heterocycles. The van der Waals surface area contributed by atoms with Gasteiger partial charge in [0, 0.05) is 31.2 Å². The van der Waals surface area contributed by atoms with Crippen LogP contribution < -0.4 is 10.6 Å². The Kier molecular flexibility index (Phi) is 7.68. The van der Waals surface area contributed by atoms with E-state index in [-0.39, 0.29) is 0 Å². The van der Waals surface area contributed by atoms with Gasteiger partial charge in [-0.05, 0) is 53.8 Å². The Bertz CT molecular complexity index is 194. The number of nitrogens with one attached hydrogen (secondary N) is 2. The van der Waals surface area contributed by atoms with Crippen molar-refractivity contribution in [1.29, 1.82) is 0 Å². The minimum absolute atomic E-state index is 0.395. The summed E-state index contributed by atoms with van der Waals surface area (Å²) in [6.45, 7) is 15.0. The van der Waals surface area contributed by atoms with Crippen molar-refractivity contribution in [2.24, 2.45) is 0 Å². The normalized spacial score (nSPS) is 11.6. The zero-order chi connectivity index (χ0) is 12.7. The van der Waals surface area contributed by atoms with Gasteiger partial charge < -0.3 is 10.6 Å². The van der Waals surface area contributed by atoms with Crippen molar-refractivity contribution in [3.8, 4) is 0 Å². The molecule has 0 rings (SSSR count). The molecule has 3 nitrogen and oxygen atoms in total. The summed E-state index contributed by atoms with van der Waals surface area (Å²) in [5.74, 6) is 0. The first-order valence-corrected chi connectivity index (χ1v) is 6.55. The van der Waals surface area contributed by atoms with E-state index >= 15 is 0 Å². The summed E-state index contributed by atoms with van der Waals surface area (Å²) in [6.07, 6.45) is 0. The molecular formula is C12H27N3S. The van der Waals surface area contributed by atoms with Gasteiger partial charge in [-0.1, -0.05) is 0 Å².